The number of aromatic nitrogens is 3. The first-order chi connectivity index (χ1) is 12.7. The second-order valence-electron chi connectivity index (χ2n) is 7.72. The summed E-state index contributed by atoms with van der Waals surface area (Å²) in [6.07, 6.45) is 5.04. The van der Waals surface area contributed by atoms with E-state index in [4.69, 9.17) is 11.6 Å². The van der Waals surface area contributed by atoms with Gasteiger partial charge in [0.15, 0.2) is 0 Å². The van der Waals surface area contributed by atoms with Crippen LogP contribution in [-0.2, 0) is 20.1 Å². The molecule has 2 fully saturated rings. The molecule has 0 radical (unpaired) electrons. The summed E-state index contributed by atoms with van der Waals surface area (Å²) in [4.78, 5) is 5.02. The van der Waals surface area contributed by atoms with E-state index in [-0.39, 0.29) is 0 Å². The van der Waals surface area contributed by atoms with Gasteiger partial charge in [0.05, 0.1) is 6.54 Å². The third kappa shape index (κ3) is 4.11. The fraction of sp³-hybridized carbons (Fsp3) is 0.600. The van der Waals surface area contributed by atoms with E-state index in [1.807, 2.05) is 12.1 Å². The molecule has 6 heteroatoms. The van der Waals surface area contributed by atoms with Crippen molar-refractivity contribution in [2.45, 2.75) is 44.7 Å². The van der Waals surface area contributed by atoms with Gasteiger partial charge in [0, 0.05) is 31.1 Å². The van der Waals surface area contributed by atoms with Crippen molar-refractivity contribution >= 4 is 11.6 Å². The number of halogens is 1. The Morgan fingerprint density at radius 2 is 1.69 bits per heavy atom. The van der Waals surface area contributed by atoms with Gasteiger partial charge in [-0.3, -0.25) is 9.80 Å². The SMILES string of the molecule is Cn1c(CN2CCCC2)nnc1C1CCCN(Cc2ccc(Cl)cc2)C1. The summed E-state index contributed by atoms with van der Waals surface area (Å²) < 4.78 is 2.24. The van der Waals surface area contributed by atoms with Crippen molar-refractivity contribution in [1.29, 1.82) is 0 Å². The zero-order valence-corrected chi connectivity index (χ0v) is 16.3. The van der Waals surface area contributed by atoms with Crippen LogP contribution in [0.2, 0.25) is 5.02 Å². The molecule has 1 aromatic carbocycles. The molecule has 1 aromatic heterocycles. The van der Waals surface area contributed by atoms with Crippen molar-refractivity contribution in [3.63, 3.8) is 0 Å². The zero-order valence-electron chi connectivity index (χ0n) is 15.6. The predicted octanol–water partition coefficient (Wildman–Crippen LogP) is 3.44. The van der Waals surface area contributed by atoms with Gasteiger partial charge in [-0.1, -0.05) is 23.7 Å². The van der Waals surface area contributed by atoms with Gasteiger partial charge in [-0.05, 0) is 63.0 Å². The smallest absolute Gasteiger partial charge is 0.146 e. The molecule has 0 N–H and O–H groups in total. The minimum Gasteiger partial charge on any atom is -0.317 e. The van der Waals surface area contributed by atoms with Gasteiger partial charge in [0.25, 0.3) is 0 Å². The Bertz CT molecular complexity index is 720. The van der Waals surface area contributed by atoms with Crippen LogP contribution in [0.15, 0.2) is 24.3 Å². The molecular weight excluding hydrogens is 346 g/mol. The Kier molecular flexibility index (Phi) is 5.57. The van der Waals surface area contributed by atoms with Crippen LogP contribution in [0.1, 0.15) is 48.8 Å². The maximum absolute atomic E-state index is 6.00. The van der Waals surface area contributed by atoms with Crippen LogP contribution >= 0.6 is 11.6 Å². The second-order valence-corrected chi connectivity index (χ2v) is 8.15. The van der Waals surface area contributed by atoms with Crippen LogP contribution in [-0.4, -0.2) is 50.7 Å². The molecule has 3 heterocycles. The molecule has 0 saturated carbocycles. The lowest BCUT2D eigenvalue weighted by molar-refractivity contribution is 0.195. The minimum absolute atomic E-state index is 0.473. The van der Waals surface area contributed by atoms with E-state index >= 15 is 0 Å². The lowest BCUT2D eigenvalue weighted by Crippen LogP contribution is -2.35. The number of likely N-dealkylation sites (tertiary alicyclic amines) is 2. The number of nitrogens with zero attached hydrogens (tertiary/aromatic N) is 5. The standard InChI is InChI=1S/C20H28ClN5/c1-24-19(15-25-10-2-3-11-25)22-23-20(24)17-5-4-12-26(14-17)13-16-6-8-18(21)9-7-16/h6-9,17H,2-5,10-15H2,1H3. The van der Waals surface area contributed by atoms with Crippen LogP contribution in [0, 0.1) is 0 Å². The van der Waals surface area contributed by atoms with Gasteiger partial charge in [-0.25, -0.2) is 0 Å². The third-order valence-electron chi connectivity index (χ3n) is 5.75. The van der Waals surface area contributed by atoms with Crippen LogP contribution in [0.4, 0.5) is 0 Å². The average molecular weight is 374 g/mol. The summed E-state index contributed by atoms with van der Waals surface area (Å²) in [5, 5.41) is 9.89. The van der Waals surface area contributed by atoms with E-state index in [0.29, 0.717) is 5.92 Å². The molecule has 0 spiro atoms. The summed E-state index contributed by atoms with van der Waals surface area (Å²) in [7, 11) is 2.14. The van der Waals surface area contributed by atoms with Crippen LogP contribution in [0.5, 0.6) is 0 Å². The normalized spacial score (nSPS) is 22.2. The maximum atomic E-state index is 6.00. The van der Waals surface area contributed by atoms with Crippen molar-refractivity contribution < 1.29 is 0 Å². The van der Waals surface area contributed by atoms with Crippen molar-refractivity contribution in [2.24, 2.45) is 7.05 Å². The molecule has 0 bridgehead atoms. The topological polar surface area (TPSA) is 37.2 Å². The summed E-state index contributed by atoms with van der Waals surface area (Å²) in [5.41, 5.74) is 1.32. The lowest BCUT2D eigenvalue weighted by Gasteiger charge is -2.32. The quantitative estimate of drug-likeness (QED) is 0.804. The van der Waals surface area contributed by atoms with E-state index in [2.05, 4.69) is 43.7 Å². The summed E-state index contributed by atoms with van der Waals surface area (Å²) >= 11 is 6.00. The Balaban J connectivity index is 1.41. The van der Waals surface area contributed by atoms with Crippen LogP contribution in [0.3, 0.4) is 0 Å². The molecule has 2 aliphatic rings. The van der Waals surface area contributed by atoms with E-state index < -0.39 is 0 Å². The largest absolute Gasteiger partial charge is 0.317 e. The summed E-state index contributed by atoms with van der Waals surface area (Å²) in [5.74, 6) is 2.73. The van der Waals surface area contributed by atoms with E-state index in [9.17, 15) is 0 Å². The zero-order chi connectivity index (χ0) is 17.9. The Morgan fingerprint density at radius 1 is 0.962 bits per heavy atom. The molecular formula is C20H28ClN5. The van der Waals surface area contributed by atoms with Gasteiger partial charge in [0.2, 0.25) is 0 Å². The Labute approximate surface area is 161 Å². The highest BCUT2D eigenvalue weighted by molar-refractivity contribution is 6.30. The Hall–Kier alpha value is -1.43. The van der Waals surface area contributed by atoms with Gasteiger partial charge in [0.1, 0.15) is 11.6 Å². The van der Waals surface area contributed by atoms with E-state index in [0.717, 1.165) is 42.9 Å². The van der Waals surface area contributed by atoms with Crippen LogP contribution < -0.4 is 0 Å². The third-order valence-corrected chi connectivity index (χ3v) is 6.00. The Morgan fingerprint density at radius 3 is 2.46 bits per heavy atom. The highest BCUT2D eigenvalue weighted by Crippen LogP contribution is 2.27. The highest BCUT2D eigenvalue weighted by atomic mass is 35.5. The molecule has 2 saturated heterocycles. The molecule has 0 amide bonds. The maximum Gasteiger partial charge on any atom is 0.146 e. The summed E-state index contributed by atoms with van der Waals surface area (Å²) in [6.45, 7) is 6.51. The first-order valence-corrected chi connectivity index (χ1v) is 10.1. The molecule has 140 valence electrons. The predicted molar refractivity (Wildman–Crippen MR) is 104 cm³/mol. The molecule has 4 rings (SSSR count). The van der Waals surface area contributed by atoms with Crippen molar-refractivity contribution in [1.82, 2.24) is 24.6 Å². The number of rotatable bonds is 5. The summed E-state index contributed by atoms with van der Waals surface area (Å²) in [6, 6.07) is 8.21. The van der Waals surface area contributed by atoms with Gasteiger partial charge < -0.3 is 4.57 Å². The first kappa shape index (κ1) is 18.0. The van der Waals surface area contributed by atoms with Crippen molar-refractivity contribution in [3.8, 4) is 0 Å². The fourth-order valence-electron chi connectivity index (χ4n) is 4.27. The van der Waals surface area contributed by atoms with Crippen molar-refractivity contribution in [2.75, 3.05) is 26.2 Å². The van der Waals surface area contributed by atoms with Crippen molar-refractivity contribution in [3.05, 3.63) is 46.5 Å². The second kappa shape index (κ2) is 8.07. The van der Waals surface area contributed by atoms with E-state index in [1.165, 1.54) is 44.3 Å². The fourth-order valence-corrected chi connectivity index (χ4v) is 4.39. The average Bonchev–Trinajstić information content (AvgIpc) is 3.28. The monoisotopic (exact) mass is 373 g/mol. The van der Waals surface area contributed by atoms with E-state index in [1.54, 1.807) is 0 Å². The van der Waals surface area contributed by atoms with Gasteiger partial charge in [-0.15, -0.1) is 10.2 Å². The molecule has 1 unspecified atom stereocenters. The first-order valence-electron chi connectivity index (χ1n) is 9.76. The van der Waals surface area contributed by atoms with Crippen LogP contribution in [0.25, 0.3) is 0 Å². The molecule has 1 atom stereocenters. The molecule has 26 heavy (non-hydrogen) atoms. The number of piperidine rings is 1. The number of benzene rings is 1. The molecule has 0 aliphatic carbocycles. The molecule has 2 aliphatic heterocycles. The van der Waals surface area contributed by atoms with Gasteiger partial charge >= 0.3 is 0 Å². The molecule has 2 aromatic rings. The highest BCUT2D eigenvalue weighted by Gasteiger charge is 2.26. The number of hydrogen-bond donors (Lipinski definition) is 0. The molecule has 5 nitrogen and oxygen atoms in total. The minimum atomic E-state index is 0.473. The number of hydrogen-bond acceptors (Lipinski definition) is 4. The van der Waals surface area contributed by atoms with Gasteiger partial charge in [-0.2, -0.15) is 0 Å². The lowest BCUT2D eigenvalue weighted by atomic mass is 9.96.